The van der Waals surface area contributed by atoms with Gasteiger partial charge in [-0.2, -0.15) is 0 Å². The second-order valence-electron chi connectivity index (χ2n) is 4.22. The lowest BCUT2D eigenvalue weighted by atomic mass is 10.2. The normalized spacial score (nSPS) is 16.4. The molecule has 0 atom stereocenters. The largest absolute Gasteiger partial charge is 0.346 e. The predicted molar refractivity (Wildman–Crippen MR) is 68.7 cm³/mol. The molecule has 1 aliphatic rings. The summed E-state index contributed by atoms with van der Waals surface area (Å²) in [5.74, 6) is 0. The monoisotopic (exact) mass is 269 g/mol. The van der Waals surface area contributed by atoms with Crippen LogP contribution in [0.1, 0.15) is 25.7 Å². The summed E-state index contributed by atoms with van der Waals surface area (Å²) in [7, 11) is 0. The lowest BCUT2D eigenvalue weighted by molar-refractivity contribution is -0.387. The van der Waals surface area contributed by atoms with Crippen LogP contribution in [-0.2, 0) is 9.47 Å². The first kappa shape index (κ1) is 13.3. The number of hydrogen-bond donors (Lipinski definition) is 0. The molecule has 0 aliphatic carbocycles. The van der Waals surface area contributed by atoms with Crippen molar-refractivity contribution < 1.29 is 14.4 Å². The smallest absolute Gasteiger partial charge is 0.283 e. The summed E-state index contributed by atoms with van der Waals surface area (Å²) in [4.78, 5) is 11.4. The van der Waals surface area contributed by atoms with Gasteiger partial charge in [-0.15, -0.1) is 11.8 Å². The number of ether oxygens (including phenoxy) is 2. The van der Waals surface area contributed by atoms with E-state index in [1.54, 1.807) is 12.1 Å². The Morgan fingerprint density at radius 3 is 2.61 bits per heavy atom. The van der Waals surface area contributed by atoms with Crippen molar-refractivity contribution in [2.24, 2.45) is 0 Å². The van der Waals surface area contributed by atoms with Crippen molar-refractivity contribution in [2.45, 2.75) is 30.3 Å². The van der Waals surface area contributed by atoms with Gasteiger partial charge < -0.3 is 9.47 Å². The van der Waals surface area contributed by atoms with Crippen molar-refractivity contribution in [1.29, 1.82) is 0 Å². The molecule has 1 saturated heterocycles. The van der Waals surface area contributed by atoms with Gasteiger partial charge in [-0.05, 0) is 6.07 Å². The maximum absolute atomic E-state index is 11.1. The van der Waals surface area contributed by atoms with E-state index in [1.165, 1.54) is 11.8 Å². The minimum Gasteiger partial charge on any atom is -0.346 e. The lowest BCUT2D eigenvalue weighted by Gasteiger charge is -2.11. The van der Waals surface area contributed by atoms with Crippen molar-refractivity contribution >= 4 is 17.4 Å². The van der Waals surface area contributed by atoms with E-state index in [2.05, 4.69) is 0 Å². The van der Waals surface area contributed by atoms with E-state index >= 15 is 0 Å². The third kappa shape index (κ3) is 3.01. The Balaban J connectivity index is 2.30. The van der Waals surface area contributed by atoms with Crippen LogP contribution in [0.2, 0.25) is 0 Å². The molecule has 0 bridgehead atoms. The van der Waals surface area contributed by atoms with Gasteiger partial charge in [-0.3, -0.25) is 10.1 Å². The maximum Gasteiger partial charge on any atom is 0.283 e. The van der Waals surface area contributed by atoms with E-state index < -0.39 is 6.29 Å². The molecule has 1 aliphatic heterocycles. The number of hydrogen-bond acceptors (Lipinski definition) is 5. The molecule has 2 rings (SSSR count). The maximum atomic E-state index is 11.1. The molecule has 1 heterocycles. The standard InChI is InChI=1S/C12H15NO4S/c1-8(2)18-11-4-3-9(7-10(11)13(14)15)12-16-5-6-17-12/h3-4,7-8,12H,5-6H2,1-2H3. The fourth-order valence-electron chi connectivity index (χ4n) is 1.73. The third-order valence-corrected chi connectivity index (χ3v) is 3.51. The van der Waals surface area contributed by atoms with Gasteiger partial charge in [0.15, 0.2) is 6.29 Å². The second-order valence-corrected chi connectivity index (χ2v) is 5.84. The average molecular weight is 269 g/mol. The predicted octanol–water partition coefficient (Wildman–Crippen LogP) is 3.14. The Morgan fingerprint density at radius 1 is 1.39 bits per heavy atom. The number of rotatable bonds is 4. The van der Waals surface area contributed by atoms with Gasteiger partial charge in [-0.25, -0.2) is 0 Å². The number of thioether (sulfide) groups is 1. The average Bonchev–Trinajstić information content (AvgIpc) is 2.82. The van der Waals surface area contributed by atoms with Crippen LogP contribution in [0.4, 0.5) is 5.69 Å². The van der Waals surface area contributed by atoms with Crippen molar-refractivity contribution in [3.8, 4) is 0 Å². The van der Waals surface area contributed by atoms with Crippen molar-refractivity contribution in [3.05, 3.63) is 33.9 Å². The fraction of sp³-hybridized carbons (Fsp3) is 0.500. The molecule has 18 heavy (non-hydrogen) atoms. The summed E-state index contributed by atoms with van der Waals surface area (Å²) in [6.07, 6.45) is -0.471. The molecule has 0 unspecified atom stereocenters. The molecule has 0 aromatic heterocycles. The molecule has 1 fully saturated rings. The zero-order valence-electron chi connectivity index (χ0n) is 10.3. The lowest BCUT2D eigenvalue weighted by Crippen LogP contribution is -2.01. The van der Waals surface area contributed by atoms with Gasteiger partial charge in [0, 0.05) is 16.9 Å². The summed E-state index contributed by atoms with van der Waals surface area (Å²) in [6.45, 7) is 5.07. The Bertz CT molecular complexity index is 444. The molecule has 0 radical (unpaired) electrons. The van der Waals surface area contributed by atoms with Gasteiger partial charge in [0.05, 0.1) is 23.0 Å². The van der Waals surface area contributed by atoms with Crippen LogP contribution in [0, 0.1) is 10.1 Å². The van der Waals surface area contributed by atoms with E-state index in [-0.39, 0.29) is 10.6 Å². The molecule has 6 heteroatoms. The molecule has 1 aromatic rings. The Hall–Kier alpha value is -1.11. The number of nitrogens with zero attached hydrogens (tertiary/aromatic N) is 1. The van der Waals surface area contributed by atoms with Crippen LogP contribution in [0.15, 0.2) is 23.1 Å². The molecule has 0 amide bonds. The Morgan fingerprint density at radius 2 is 2.06 bits per heavy atom. The summed E-state index contributed by atoms with van der Waals surface area (Å²) < 4.78 is 10.7. The quantitative estimate of drug-likeness (QED) is 0.477. The molecular weight excluding hydrogens is 254 g/mol. The highest BCUT2D eigenvalue weighted by Crippen LogP contribution is 2.35. The first-order valence-corrected chi connectivity index (χ1v) is 6.64. The van der Waals surface area contributed by atoms with Crippen molar-refractivity contribution in [3.63, 3.8) is 0 Å². The van der Waals surface area contributed by atoms with Crippen LogP contribution in [0.5, 0.6) is 0 Å². The van der Waals surface area contributed by atoms with E-state index in [9.17, 15) is 10.1 Å². The molecule has 0 spiro atoms. The number of nitro groups is 1. The molecular formula is C12H15NO4S. The van der Waals surface area contributed by atoms with Crippen LogP contribution < -0.4 is 0 Å². The third-order valence-electron chi connectivity index (χ3n) is 2.44. The summed E-state index contributed by atoms with van der Waals surface area (Å²) in [5.41, 5.74) is 0.817. The van der Waals surface area contributed by atoms with Gasteiger partial charge in [0.25, 0.3) is 5.69 Å². The summed E-state index contributed by atoms with van der Waals surface area (Å²) in [6, 6.07) is 5.14. The van der Waals surface area contributed by atoms with Gasteiger partial charge in [0.1, 0.15) is 0 Å². The fourth-order valence-corrected chi connectivity index (χ4v) is 2.64. The van der Waals surface area contributed by atoms with Crippen molar-refractivity contribution in [2.75, 3.05) is 13.2 Å². The highest BCUT2D eigenvalue weighted by atomic mass is 32.2. The van der Waals surface area contributed by atoms with Gasteiger partial charge in [-0.1, -0.05) is 19.9 Å². The molecule has 0 saturated carbocycles. The van der Waals surface area contributed by atoms with E-state index in [1.807, 2.05) is 19.9 Å². The Labute approximate surface area is 110 Å². The van der Waals surface area contributed by atoms with Crippen LogP contribution in [0.25, 0.3) is 0 Å². The minimum atomic E-state index is -0.471. The van der Waals surface area contributed by atoms with Gasteiger partial charge >= 0.3 is 0 Å². The number of benzene rings is 1. The van der Waals surface area contributed by atoms with Crippen molar-refractivity contribution in [1.82, 2.24) is 0 Å². The SMILES string of the molecule is CC(C)Sc1ccc(C2OCCO2)cc1[N+](=O)[O-]. The second kappa shape index (κ2) is 5.69. The first-order chi connectivity index (χ1) is 8.58. The number of nitro benzene ring substituents is 1. The van der Waals surface area contributed by atoms with Crippen LogP contribution in [-0.4, -0.2) is 23.4 Å². The molecule has 5 nitrogen and oxygen atoms in total. The van der Waals surface area contributed by atoms with Crippen LogP contribution in [0.3, 0.4) is 0 Å². The topological polar surface area (TPSA) is 61.6 Å². The highest BCUT2D eigenvalue weighted by Gasteiger charge is 2.23. The highest BCUT2D eigenvalue weighted by molar-refractivity contribution is 8.00. The van der Waals surface area contributed by atoms with E-state index in [4.69, 9.17) is 9.47 Å². The summed E-state index contributed by atoms with van der Waals surface area (Å²) >= 11 is 1.48. The first-order valence-electron chi connectivity index (χ1n) is 5.76. The minimum absolute atomic E-state index is 0.116. The zero-order chi connectivity index (χ0) is 13.1. The van der Waals surface area contributed by atoms with Crippen LogP contribution >= 0.6 is 11.8 Å². The summed E-state index contributed by atoms with van der Waals surface area (Å²) in [5, 5.41) is 11.4. The zero-order valence-corrected chi connectivity index (χ0v) is 11.1. The molecule has 1 aromatic carbocycles. The van der Waals surface area contributed by atoms with E-state index in [0.717, 1.165) is 0 Å². The van der Waals surface area contributed by atoms with E-state index in [0.29, 0.717) is 28.9 Å². The molecule has 98 valence electrons. The van der Waals surface area contributed by atoms with Gasteiger partial charge in [0.2, 0.25) is 0 Å². The Kier molecular flexibility index (Phi) is 4.21. The molecule has 0 N–H and O–H groups in total.